The maximum absolute atomic E-state index is 13.0. The Morgan fingerprint density at radius 3 is 2.59 bits per heavy atom. The molecule has 1 aromatic rings. The summed E-state index contributed by atoms with van der Waals surface area (Å²) in [5, 5.41) is 3.20. The number of imidazole rings is 1. The van der Waals surface area contributed by atoms with Gasteiger partial charge in [0.1, 0.15) is 5.69 Å². The number of rotatable bonds is 6. The lowest BCUT2D eigenvalue weighted by atomic mass is 10.1. The molecule has 1 aliphatic carbocycles. The number of hydrogen-bond donors (Lipinski definition) is 1. The summed E-state index contributed by atoms with van der Waals surface area (Å²) >= 11 is 0. The van der Waals surface area contributed by atoms with E-state index < -0.39 is 0 Å². The first-order chi connectivity index (χ1) is 13.1. The fraction of sp³-hybridized carbons (Fsp3) is 0.762. The number of hydrogen-bond acceptors (Lipinski definition) is 3. The Bertz CT molecular complexity index is 659. The van der Waals surface area contributed by atoms with E-state index in [0.717, 1.165) is 63.7 Å². The van der Waals surface area contributed by atoms with Crippen molar-refractivity contribution in [3.05, 3.63) is 17.2 Å². The van der Waals surface area contributed by atoms with E-state index in [9.17, 15) is 9.59 Å². The van der Waals surface area contributed by atoms with Crippen molar-refractivity contribution in [3.8, 4) is 0 Å². The number of carbonyl (C=O) groups excluding carboxylic acids is 2. The Kier molecular flexibility index (Phi) is 6.91. The molecular formula is C21H34N4O2. The largest absolute Gasteiger partial charge is 0.348 e. The fourth-order valence-electron chi connectivity index (χ4n) is 4.23. The van der Waals surface area contributed by atoms with Crippen LogP contribution in [-0.4, -0.2) is 45.9 Å². The van der Waals surface area contributed by atoms with Crippen molar-refractivity contribution in [3.63, 3.8) is 0 Å². The monoisotopic (exact) mass is 374 g/mol. The number of nitrogens with zero attached hydrogens (tertiary/aromatic N) is 3. The molecule has 0 radical (unpaired) electrons. The summed E-state index contributed by atoms with van der Waals surface area (Å²) in [6, 6.07) is 0.243. The lowest BCUT2D eigenvalue weighted by Crippen LogP contribution is -2.35. The van der Waals surface area contributed by atoms with Gasteiger partial charge in [0.25, 0.3) is 11.8 Å². The standard InChI is InChI=1S/C21H34N4O2/c1-3-4-14-24(2)21(27)19-23-18(17-13-9-10-15-25(17)19)20(26)22-16-11-7-5-6-8-12-16/h16H,3-15H2,1-2H3,(H,22,26). The summed E-state index contributed by atoms with van der Waals surface area (Å²) in [6.45, 7) is 3.62. The highest BCUT2D eigenvalue weighted by Crippen LogP contribution is 2.23. The maximum Gasteiger partial charge on any atom is 0.289 e. The molecular weight excluding hydrogens is 340 g/mol. The molecule has 2 aliphatic rings. The van der Waals surface area contributed by atoms with E-state index in [1.165, 1.54) is 25.7 Å². The van der Waals surface area contributed by atoms with Gasteiger partial charge in [-0.15, -0.1) is 0 Å². The van der Waals surface area contributed by atoms with Crippen molar-refractivity contribution in [2.45, 2.75) is 90.1 Å². The van der Waals surface area contributed by atoms with Crippen LogP contribution in [-0.2, 0) is 13.0 Å². The average Bonchev–Trinajstić information content (AvgIpc) is 2.88. The van der Waals surface area contributed by atoms with Crippen LogP contribution in [0.4, 0.5) is 0 Å². The summed E-state index contributed by atoms with van der Waals surface area (Å²) in [4.78, 5) is 32.2. The van der Waals surface area contributed by atoms with E-state index in [1.54, 1.807) is 4.90 Å². The fourth-order valence-corrected chi connectivity index (χ4v) is 4.23. The Morgan fingerprint density at radius 1 is 1.15 bits per heavy atom. The Balaban J connectivity index is 1.79. The molecule has 2 amide bonds. The third kappa shape index (κ3) is 4.71. The van der Waals surface area contributed by atoms with Gasteiger partial charge >= 0.3 is 0 Å². The van der Waals surface area contributed by atoms with E-state index in [2.05, 4.69) is 17.2 Å². The van der Waals surface area contributed by atoms with Crippen LogP contribution in [0.3, 0.4) is 0 Å². The molecule has 1 aromatic heterocycles. The number of amides is 2. The van der Waals surface area contributed by atoms with Gasteiger partial charge in [0.05, 0.1) is 5.69 Å². The van der Waals surface area contributed by atoms with Crippen molar-refractivity contribution in [1.82, 2.24) is 19.8 Å². The molecule has 6 heteroatoms. The van der Waals surface area contributed by atoms with Crippen molar-refractivity contribution in [2.24, 2.45) is 0 Å². The molecule has 1 saturated carbocycles. The maximum atomic E-state index is 13.0. The SMILES string of the molecule is CCCCN(C)C(=O)c1nc(C(=O)NC2CCCCCC2)c2n1CCCC2. The van der Waals surface area contributed by atoms with Crippen LogP contribution in [0.1, 0.15) is 97.9 Å². The van der Waals surface area contributed by atoms with E-state index in [0.29, 0.717) is 11.5 Å². The van der Waals surface area contributed by atoms with Gasteiger partial charge in [0, 0.05) is 26.2 Å². The summed E-state index contributed by atoms with van der Waals surface area (Å²) in [7, 11) is 1.83. The van der Waals surface area contributed by atoms with Gasteiger partial charge in [0.2, 0.25) is 0 Å². The molecule has 0 aromatic carbocycles. The van der Waals surface area contributed by atoms with Crippen LogP contribution < -0.4 is 5.32 Å². The van der Waals surface area contributed by atoms with E-state index in [1.807, 2.05) is 11.6 Å². The quantitative estimate of drug-likeness (QED) is 0.775. The zero-order chi connectivity index (χ0) is 19.2. The van der Waals surface area contributed by atoms with Crippen molar-refractivity contribution in [2.75, 3.05) is 13.6 Å². The molecule has 0 bridgehead atoms. The van der Waals surface area contributed by atoms with Gasteiger partial charge in [-0.05, 0) is 38.5 Å². The molecule has 2 heterocycles. The number of carbonyl (C=O) groups is 2. The van der Waals surface area contributed by atoms with E-state index in [4.69, 9.17) is 0 Å². The van der Waals surface area contributed by atoms with Crippen LogP contribution >= 0.6 is 0 Å². The number of aromatic nitrogens is 2. The zero-order valence-electron chi connectivity index (χ0n) is 16.9. The molecule has 1 aliphatic heterocycles. The van der Waals surface area contributed by atoms with Crippen LogP contribution in [0.25, 0.3) is 0 Å². The summed E-state index contributed by atoms with van der Waals surface area (Å²) in [6.07, 6.45) is 11.9. The van der Waals surface area contributed by atoms with Gasteiger partial charge in [-0.25, -0.2) is 4.98 Å². The van der Waals surface area contributed by atoms with Gasteiger partial charge in [-0.3, -0.25) is 9.59 Å². The number of fused-ring (bicyclic) bond motifs is 1. The molecule has 1 fully saturated rings. The van der Waals surface area contributed by atoms with E-state index >= 15 is 0 Å². The molecule has 3 rings (SSSR count). The van der Waals surface area contributed by atoms with Crippen LogP contribution in [0, 0.1) is 0 Å². The molecule has 0 unspecified atom stereocenters. The first kappa shape index (κ1) is 19.9. The first-order valence-electron chi connectivity index (χ1n) is 10.8. The topological polar surface area (TPSA) is 67.2 Å². The normalized spacial score (nSPS) is 17.9. The van der Waals surface area contributed by atoms with Gasteiger partial charge in [0.15, 0.2) is 5.82 Å². The minimum atomic E-state index is -0.0946. The van der Waals surface area contributed by atoms with Crippen LogP contribution in [0.5, 0.6) is 0 Å². The van der Waals surface area contributed by atoms with Crippen LogP contribution in [0.15, 0.2) is 0 Å². The average molecular weight is 375 g/mol. The highest BCUT2D eigenvalue weighted by atomic mass is 16.2. The second kappa shape index (κ2) is 9.38. The second-order valence-corrected chi connectivity index (χ2v) is 8.08. The summed E-state index contributed by atoms with van der Waals surface area (Å²) in [5.74, 6) is 0.275. The van der Waals surface area contributed by atoms with Crippen molar-refractivity contribution >= 4 is 11.8 Å². The molecule has 0 spiro atoms. The highest BCUT2D eigenvalue weighted by Gasteiger charge is 2.29. The van der Waals surface area contributed by atoms with Gasteiger partial charge < -0.3 is 14.8 Å². The summed E-state index contributed by atoms with van der Waals surface area (Å²) < 4.78 is 2.00. The first-order valence-corrected chi connectivity index (χ1v) is 10.8. The third-order valence-electron chi connectivity index (χ3n) is 5.91. The molecule has 6 nitrogen and oxygen atoms in total. The Morgan fingerprint density at radius 2 is 1.89 bits per heavy atom. The minimum absolute atomic E-state index is 0.0693. The van der Waals surface area contributed by atoms with Gasteiger partial charge in [-0.1, -0.05) is 39.0 Å². The van der Waals surface area contributed by atoms with E-state index in [-0.39, 0.29) is 17.9 Å². The molecule has 0 saturated heterocycles. The Labute approximate surface area is 162 Å². The lowest BCUT2D eigenvalue weighted by molar-refractivity contribution is 0.0775. The predicted octanol–water partition coefficient (Wildman–Crippen LogP) is 3.54. The lowest BCUT2D eigenvalue weighted by Gasteiger charge is -2.20. The molecule has 27 heavy (non-hydrogen) atoms. The highest BCUT2D eigenvalue weighted by molar-refractivity contribution is 5.97. The number of nitrogens with one attached hydrogen (secondary N) is 1. The Hall–Kier alpha value is -1.85. The third-order valence-corrected chi connectivity index (χ3v) is 5.91. The number of unbranched alkanes of at least 4 members (excludes halogenated alkanes) is 1. The zero-order valence-corrected chi connectivity index (χ0v) is 16.9. The molecule has 0 atom stereocenters. The predicted molar refractivity (Wildman–Crippen MR) is 106 cm³/mol. The smallest absolute Gasteiger partial charge is 0.289 e. The van der Waals surface area contributed by atoms with Crippen molar-refractivity contribution < 1.29 is 9.59 Å². The summed E-state index contributed by atoms with van der Waals surface area (Å²) in [5.41, 5.74) is 1.42. The minimum Gasteiger partial charge on any atom is -0.348 e. The molecule has 150 valence electrons. The van der Waals surface area contributed by atoms with Crippen molar-refractivity contribution in [1.29, 1.82) is 0 Å². The van der Waals surface area contributed by atoms with Crippen LogP contribution in [0.2, 0.25) is 0 Å². The van der Waals surface area contributed by atoms with Gasteiger partial charge in [-0.2, -0.15) is 0 Å². The second-order valence-electron chi connectivity index (χ2n) is 8.08. The molecule has 1 N–H and O–H groups in total.